The summed E-state index contributed by atoms with van der Waals surface area (Å²) in [6.45, 7) is 2.09. The van der Waals surface area contributed by atoms with Crippen LogP contribution in [0.5, 0.6) is 0 Å². The fourth-order valence-electron chi connectivity index (χ4n) is 2.39. The molecule has 0 aliphatic heterocycles. The molecular formula is C18H17N5O3S. The molecule has 0 saturated carbocycles. The van der Waals surface area contributed by atoms with Crippen LogP contribution in [0.2, 0.25) is 0 Å². The number of hydrogen-bond donors (Lipinski definition) is 2. The molecule has 0 spiro atoms. The summed E-state index contributed by atoms with van der Waals surface area (Å²) in [5.41, 5.74) is 2.17. The number of carbonyl (C=O) groups excluding carboxylic acids is 1. The number of nitrogens with zero attached hydrogens (tertiary/aromatic N) is 3. The van der Waals surface area contributed by atoms with E-state index in [2.05, 4.69) is 27.4 Å². The Morgan fingerprint density at radius 3 is 2.67 bits per heavy atom. The fourth-order valence-corrected chi connectivity index (χ4v) is 2.99. The molecule has 3 aromatic rings. The maximum absolute atomic E-state index is 12.1. The molecule has 1 aromatic heterocycles. The van der Waals surface area contributed by atoms with Gasteiger partial charge in [-0.3, -0.25) is 20.0 Å². The first-order chi connectivity index (χ1) is 13.1. The van der Waals surface area contributed by atoms with Crippen LogP contribution in [-0.4, -0.2) is 31.8 Å². The average Bonchev–Trinajstić information content (AvgIpc) is 3.16. The van der Waals surface area contributed by atoms with Crippen LogP contribution in [0.3, 0.4) is 0 Å². The topological polar surface area (TPSA) is 114 Å². The lowest BCUT2D eigenvalue weighted by Crippen LogP contribution is -2.15. The van der Waals surface area contributed by atoms with Gasteiger partial charge in [0.05, 0.1) is 10.7 Å². The van der Waals surface area contributed by atoms with Gasteiger partial charge in [0.25, 0.3) is 5.69 Å². The first-order valence-electron chi connectivity index (χ1n) is 8.24. The van der Waals surface area contributed by atoms with Crippen molar-refractivity contribution in [1.29, 1.82) is 0 Å². The van der Waals surface area contributed by atoms with Gasteiger partial charge in [-0.2, -0.15) is 0 Å². The van der Waals surface area contributed by atoms with Crippen LogP contribution in [0.4, 0.5) is 11.4 Å². The van der Waals surface area contributed by atoms with Crippen molar-refractivity contribution in [2.24, 2.45) is 0 Å². The van der Waals surface area contributed by atoms with Crippen LogP contribution in [-0.2, 0) is 11.2 Å². The number of rotatable bonds is 7. The molecule has 0 unspecified atom stereocenters. The van der Waals surface area contributed by atoms with Crippen LogP contribution >= 0.6 is 11.8 Å². The van der Waals surface area contributed by atoms with Crippen molar-refractivity contribution >= 4 is 29.0 Å². The summed E-state index contributed by atoms with van der Waals surface area (Å²) in [6, 6.07) is 14.0. The van der Waals surface area contributed by atoms with Gasteiger partial charge < -0.3 is 5.32 Å². The Kier molecular flexibility index (Phi) is 5.82. The van der Waals surface area contributed by atoms with Gasteiger partial charge >= 0.3 is 0 Å². The van der Waals surface area contributed by atoms with E-state index in [1.54, 1.807) is 12.1 Å². The van der Waals surface area contributed by atoms with E-state index in [-0.39, 0.29) is 23.0 Å². The normalized spacial score (nSPS) is 10.6. The van der Waals surface area contributed by atoms with Gasteiger partial charge in [0.1, 0.15) is 5.69 Å². The minimum Gasteiger partial charge on any atom is -0.320 e. The molecule has 9 heteroatoms. The zero-order valence-electron chi connectivity index (χ0n) is 14.5. The van der Waals surface area contributed by atoms with Crippen molar-refractivity contribution in [3.8, 4) is 11.4 Å². The molecule has 1 amide bonds. The molecule has 0 aliphatic rings. The molecule has 1 heterocycles. The molecule has 0 aliphatic carbocycles. The summed E-state index contributed by atoms with van der Waals surface area (Å²) in [6.07, 6.45) is 0.965. The summed E-state index contributed by atoms with van der Waals surface area (Å²) in [4.78, 5) is 26.9. The Morgan fingerprint density at radius 2 is 1.96 bits per heavy atom. The monoisotopic (exact) mass is 383 g/mol. The molecule has 138 valence electrons. The van der Waals surface area contributed by atoms with Crippen molar-refractivity contribution < 1.29 is 9.72 Å². The van der Waals surface area contributed by atoms with E-state index in [0.717, 1.165) is 23.7 Å². The number of nitro groups is 1. The standard InChI is InChI=1S/C18H17N5O3S/c1-2-12-7-9-13(10-8-12)17-20-18(22-21-17)27-11-16(24)19-14-5-3-4-6-15(14)23(25)26/h3-10H,2,11H2,1H3,(H,19,24)(H,20,21,22). The number of aryl methyl sites for hydroxylation is 1. The average molecular weight is 383 g/mol. The predicted octanol–water partition coefficient (Wildman–Crippen LogP) is 3.67. The van der Waals surface area contributed by atoms with Gasteiger partial charge in [-0.15, -0.1) is 5.10 Å². The molecular weight excluding hydrogens is 366 g/mol. The minimum atomic E-state index is -0.534. The Hall–Kier alpha value is -3.20. The van der Waals surface area contributed by atoms with E-state index in [0.29, 0.717) is 11.0 Å². The number of thioether (sulfide) groups is 1. The zero-order valence-corrected chi connectivity index (χ0v) is 15.3. The summed E-state index contributed by atoms with van der Waals surface area (Å²) >= 11 is 1.15. The Morgan fingerprint density at radius 1 is 1.22 bits per heavy atom. The number of amides is 1. The van der Waals surface area contributed by atoms with Crippen molar-refractivity contribution in [3.05, 3.63) is 64.2 Å². The zero-order chi connectivity index (χ0) is 19.2. The van der Waals surface area contributed by atoms with Gasteiger partial charge in [-0.1, -0.05) is 55.1 Å². The number of nitrogens with one attached hydrogen (secondary N) is 2. The van der Waals surface area contributed by atoms with Crippen LogP contribution in [0.1, 0.15) is 12.5 Å². The number of carbonyl (C=O) groups is 1. The Bertz CT molecular complexity index is 956. The van der Waals surface area contributed by atoms with E-state index in [9.17, 15) is 14.9 Å². The maximum atomic E-state index is 12.1. The molecule has 0 radical (unpaired) electrons. The predicted molar refractivity (Wildman–Crippen MR) is 104 cm³/mol. The van der Waals surface area contributed by atoms with Gasteiger partial charge in [-0.05, 0) is 18.1 Å². The fraction of sp³-hybridized carbons (Fsp3) is 0.167. The quantitative estimate of drug-likeness (QED) is 0.365. The lowest BCUT2D eigenvalue weighted by molar-refractivity contribution is -0.383. The summed E-state index contributed by atoms with van der Waals surface area (Å²) in [5.74, 6) is 0.296. The van der Waals surface area contributed by atoms with Gasteiger partial charge in [0, 0.05) is 11.6 Å². The maximum Gasteiger partial charge on any atom is 0.292 e. The van der Waals surface area contributed by atoms with Crippen LogP contribution < -0.4 is 5.32 Å². The number of H-pyrrole nitrogens is 1. The highest BCUT2D eigenvalue weighted by molar-refractivity contribution is 7.99. The van der Waals surface area contributed by atoms with E-state index in [4.69, 9.17) is 0 Å². The van der Waals surface area contributed by atoms with Crippen LogP contribution in [0, 0.1) is 10.1 Å². The molecule has 0 saturated heterocycles. The number of para-hydroxylation sites is 2. The van der Waals surface area contributed by atoms with Gasteiger partial charge in [0.2, 0.25) is 11.1 Å². The molecule has 8 nitrogen and oxygen atoms in total. The number of aromatic nitrogens is 3. The van der Waals surface area contributed by atoms with E-state index >= 15 is 0 Å². The Labute approximate surface area is 159 Å². The second-order valence-corrected chi connectivity index (χ2v) is 6.57. The lowest BCUT2D eigenvalue weighted by Gasteiger charge is -2.04. The lowest BCUT2D eigenvalue weighted by atomic mass is 10.1. The van der Waals surface area contributed by atoms with E-state index in [1.165, 1.54) is 17.7 Å². The molecule has 3 rings (SSSR count). The highest BCUT2D eigenvalue weighted by atomic mass is 32.2. The molecule has 0 atom stereocenters. The minimum absolute atomic E-state index is 0.0398. The first-order valence-corrected chi connectivity index (χ1v) is 9.23. The summed E-state index contributed by atoms with van der Waals surface area (Å²) in [7, 11) is 0. The largest absolute Gasteiger partial charge is 0.320 e. The first kappa shape index (κ1) is 18.6. The van der Waals surface area contributed by atoms with Crippen LogP contribution in [0.25, 0.3) is 11.4 Å². The smallest absolute Gasteiger partial charge is 0.292 e. The third-order valence-corrected chi connectivity index (χ3v) is 4.66. The van der Waals surface area contributed by atoms with Gasteiger partial charge in [-0.25, -0.2) is 4.98 Å². The second-order valence-electron chi connectivity index (χ2n) is 5.63. The van der Waals surface area contributed by atoms with Crippen molar-refractivity contribution in [2.45, 2.75) is 18.5 Å². The van der Waals surface area contributed by atoms with Crippen molar-refractivity contribution in [1.82, 2.24) is 15.2 Å². The third-order valence-electron chi connectivity index (χ3n) is 3.81. The van der Waals surface area contributed by atoms with Crippen molar-refractivity contribution in [3.63, 3.8) is 0 Å². The van der Waals surface area contributed by atoms with Crippen molar-refractivity contribution in [2.75, 3.05) is 11.1 Å². The SMILES string of the molecule is CCc1ccc(-c2nc(SCC(=O)Nc3ccccc3[N+](=O)[O-])n[nH]2)cc1. The molecule has 2 N–H and O–H groups in total. The van der Waals surface area contributed by atoms with E-state index < -0.39 is 4.92 Å². The van der Waals surface area contributed by atoms with Crippen LogP contribution in [0.15, 0.2) is 53.7 Å². The third kappa shape index (κ3) is 4.70. The molecule has 0 bridgehead atoms. The highest BCUT2D eigenvalue weighted by Crippen LogP contribution is 2.24. The Balaban J connectivity index is 1.60. The number of aromatic amines is 1. The molecule has 27 heavy (non-hydrogen) atoms. The number of anilines is 1. The number of nitro benzene ring substituents is 1. The molecule has 0 fully saturated rings. The van der Waals surface area contributed by atoms with E-state index in [1.807, 2.05) is 24.3 Å². The summed E-state index contributed by atoms with van der Waals surface area (Å²) < 4.78 is 0. The highest BCUT2D eigenvalue weighted by Gasteiger charge is 2.15. The summed E-state index contributed by atoms with van der Waals surface area (Å²) in [5, 5.41) is 20.9. The second kappa shape index (κ2) is 8.45. The van der Waals surface area contributed by atoms with Gasteiger partial charge in [0.15, 0.2) is 5.82 Å². The molecule has 2 aromatic carbocycles. The number of benzene rings is 2. The number of hydrogen-bond acceptors (Lipinski definition) is 6.